The zero-order valence-electron chi connectivity index (χ0n) is 5.95. The maximum atomic E-state index is 5.02. The Morgan fingerprint density at radius 3 is 0.800 bits per heavy atom. The quantitative estimate of drug-likeness (QED) is 0.598. The summed E-state index contributed by atoms with van der Waals surface area (Å²) in [6.07, 6.45) is 9.00. The summed E-state index contributed by atoms with van der Waals surface area (Å²) < 4.78 is 0. The average Bonchev–Trinajstić information content (AvgIpc) is 1.90. The minimum atomic E-state index is -2.22. The van der Waals surface area contributed by atoms with Crippen molar-refractivity contribution in [3.63, 3.8) is 0 Å². The summed E-state index contributed by atoms with van der Waals surface area (Å²) in [5, 5.41) is 0. The predicted molar refractivity (Wildman–Crippen MR) is 52.4 cm³/mol. The Kier molecular flexibility index (Phi) is 10.2. The zero-order chi connectivity index (χ0) is 7.82. The molecule has 4 heteroatoms. The second kappa shape index (κ2) is 8.76. The fourth-order valence-corrected chi connectivity index (χ4v) is 1.06. The normalized spacial score (nSPS) is 18.0. The van der Waals surface area contributed by atoms with Crippen LogP contribution in [0.1, 0.15) is 38.5 Å². The van der Waals surface area contributed by atoms with Crippen LogP contribution in [0.15, 0.2) is 0 Å². The van der Waals surface area contributed by atoms with E-state index in [0.717, 1.165) is 0 Å². The van der Waals surface area contributed by atoms with E-state index in [-0.39, 0.29) is 0 Å². The van der Waals surface area contributed by atoms with Crippen molar-refractivity contribution in [2.24, 2.45) is 0 Å². The van der Waals surface area contributed by atoms with Gasteiger partial charge in [-0.1, -0.05) is 38.5 Å². The van der Waals surface area contributed by atoms with Crippen LogP contribution in [0.3, 0.4) is 0 Å². The van der Waals surface area contributed by atoms with E-state index in [9.17, 15) is 0 Å². The van der Waals surface area contributed by atoms with Gasteiger partial charge >= 0.3 is 43.1 Å². The van der Waals surface area contributed by atoms with Crippen molar-refractivity contribution in [2.45, 2.75) is 38.5 Å². The first-order valence-corrected chi connectivity index (χ1v) is 16.2. The Balaban J connectivity index is 0.000000180. The van der Waals surface area contributed by atoms with Gasteiger partial charge in [0, 0.05) is 0 Å². The Hall–Kier alpha value is 1.67. The van der Waals surface area contributed by atoms with Gasteiger partial charge in [-0.3, -0.25) is 0 Å². The Morgan fingerprint density at radius 1 is 0.600 bits per heavy atom. The summed E-state index contributed by atoms with van der Waals surface area (Å²) in [4.78, 5) is 0. The Labute approximate surface area is 81.1 Å². The van der Waals surface area contributed by atoms with Crippen molar-refractivity contribution >= 4 is 43.1 Å². The Bertz CT molecular complexity index is 49.7. The van der Waals surface area contributed by atoms with Crippen LogP contribution >= 0.6 is 26.8 Å². The second-order valence-electron chi connectivity index (χ2n) is 2.37. The first kappa shape index (κ1) is 11.7. The number of halogens is 3. The van der Waals surface area contributed by atoms with E-state index in [1.54, 1.807) is 0 Å². The van der Waals surface area contributed by atoms with Gasteiger partial charge in [-0.2, -0.15) is 0 Å². The van der Waals surface area contributed by atoms with Crippen LogP contribution in [0.2, 0.25) is 0 Å². The molecule has 0 unspecified atom stereocenters. The van der Waals surface area contributed by atoms with Crippen LogP contribution in [-0.4, -0.2) is 16.4 Å². The summed E-state index contributed by atoms with van der Waals surface area (Å²) in [6, 6.07) is 0. The SMILES string of the molecule is C1CCCCC1.[Cl][SnH]([Cl])[Cl]. The van der Waals surface area contributed by atoms with Crippen LogP contribution < -0.4 is 0 Å². The molecule has 0 radical (unpaired) electrons. The van der Waals surface area contributed by atoms with Crippen molar-refractivity contribution in [1.29, 1.82) is 0 Å². The first-order chi connectivity index (χ1) is 4.73. The second-order valence-corrected chi connectivity index (χ2v) is 17.1. The van der Waals surface area contributed by atoms with Crippen molar-refractivity contribution < 1.29 is 0 Å². The van der Waals surface area contributed by atoms with Gasteiger partial charge in [-0.25, -0.2) is 0 Å². The molecular weight excluding hydrogens is 297 g/mol. The predicted octanol–water partition coefficient (Wildman–Crippen LogP) is 3.76. The molecule has 0 aromatic rings. The van der Waals surface area contributed by atoms with Gasteiger partial charge in [0.15, 0.2) is 0 Å². The third kappa shape index (κ3) is 12.4. The molecule has 0 bridgehead atoms. The molecule has 0 saturated heterocycles. The molecule has 0 aromatic heterocycles. The van der Waals surface area contributed by atoms with Crippen molar-refractivity contribution in [2.75, 3.05) is 0 Å². The van der Waals surface area contributed by atoms with Crippen LogP contribution in [0, 0.1) is 0 Å². The zero-order valence-corrected chi connectivity index (χ0v) is 11.5. The fraction of sp³-hybridized carbons (Fsp3) is 1.00. The molecule has 0 heterocycles. The molecule has 1 aliphatic carbocycles. The summed E-state index contributed by atoms with van der Waals surface area (Å²) in [5.41, 5.74) is 0. The molecule has 1 fully saturated rings. The van der Waals surface area contributed by atoms with Gasteiger partial charge in [0.05, 0.1) is 0 Å². The number of rotatable bonds is 0. The van der Waals surface area contributed by atoms with Crippen molar-refractivity contribution in [1.82, 2.24) is 0 Å². The molecule has 0 aliphatic heterocycles. The molecule has 1 rings (SSSR count). The van der Waals surface area contributed by atoms with Crippen molar-refractivity contribution in [3.05, 3.63) is 0 Å². The number of hydrogen-bond donors (Lipinski definition) is 0. The standard InChI is InChI=1S/C6H12.3ClH.Sn.H/c1-2-4-6-5-3-1;;;;;/h1-6H2;3*1H;;/q;;;;+3;/p-3. The van der Waals surface area contributed by atoms with Crippen LogP contribution in [-0.2, 0) is 0 Å². The summed E-state index contributed by atoms with van der Waals surface area (Å²) in [5.74, 6) is 0. The minimum absolute atomic E-state index is 1.50. The topological polar surface area (TPSA) is 0 Å². The molecule has 62 valence electrons. The maximum absolute atomic E-state index is 5.02. The third-order valence-corrected chi connectivity index (χ3v) is 1.50. The summed E-state index contributed by atoms with van der Waals surface area (Å²) in [7, 11) is 15.0. The van der Waals surface area contributed by atoms with Crippen molar-refractivity contribution in [3.8, 4) is 0 Å². The molecular formula is C6H13Cl3Sn. The van der Waals surface area contributed by atoms with Crippen LogP contribution in [0.25, 0.3) is 0 Å². The fourth-order valence-electron chi connectivity index (χ4n) is 1.06. The van der Waals surface area contributed by atoms with Gasteiger partial charge in [0.25, 0.3) is 0 Å². The molecule has 10 heavy (non-hydrogen) atoms. The average molecular weight is 310 g/mol. The molecule has 0 N–H and O–H groups in total. The summed E-state index contributed by atoms with van der Waals surface area (Å²) >= 11 is -2.22. The van der Waals surface area contributed by atoms with Crippen LogP contribution in [0.5, 0.6) is 0 Å². The Morgan fingerprint density at radius 2 is 0.700 bits per heavy atom. The van der Waals surface area contributed by atoms with E-state index >= 15 is 0 Å². The molecule has 0 atom stereocenters. The third-order valence-electron chi connectivity index (χ3n) is 1.50. The van der Waals surface area contributed by atoms with E-state index in [2.05, 4.69) is 0 Å². The van der Waals surface area contributed by atoms with E-state index in [1.807, 2.05) is 0 Å². The van der Waals surface area contributed by atoms with Gasteiger partial charge in [-0.15, -0.1) is 0 Å². The molecule has 0 nitrogen and oxygen atoms in total. The molecule has 1 saturated carbocycles. The van der Waals surface area contributed by atoms with Gasteiger partial charge in [-0.05, 0) is 0 Å². The van der Waals surface area contributed by atoms with Gasteiger partial charge in [0.2, 0.25) is 0 Å². The molecule has 1 aliphatic rings. The van der Waals surface area contributed by atoms with Crippen LogP contribution in [0.4, 0.5) is 0 Å². The monoisotopic (exact) mass is 310 g/mol. The van der Waals surface area contributed by atoms with E-state index in [0.29, 0.717) is 0 Å². The van der Waals surface area contributed by atoms with Gasteiger partial charge < -0.3 is 0 Å². The van der Waals surface area contributed by atoms with E-state index in [4.69, 9.17) is 26.8 Å². The summed E-state index contributed by atoms with van der Waals surface area (Å²) in [6.45, 7) is 0. The van der Waals surface area contributed by atoms with E-state index in [1.165, 1.54) is 38.5 Å². The molecule has 0 amide bonds. The number of hydrogen-bond acceptors (Lipinski definition) is 0. The van der Waals surface area contributed by atoms with E-state index < -0.39 is 16.4 Å². The van der Waals surface area contributed by atoms with Gasteiger partial charge in [0.1, 0.15) is 0 Å². The molecule has 0 spiro atoms. The first-order valence-electron chi connectivity index (χ1n) is 3.65. The molecule has 0 aromatic carbocycles.